The van der Waals surface area contributed by atoms with Crippen molar-refractivity contribution in [3.8, 4) is 0 Å². The van der Waals surface area contributed by atoms with Crippen LogP contribution in [0, 0.1) is 5.92 Å². The summed E-state index contributed by atoms with van der Waals surface area (Å²) in [5, 5.41) is 8.46. The lowest BCUT2D eigenvalue weighted by molar-refractivity contribution is -0.141. The molecule has 3 nitrogen and oxygen atoms in total. The minimum absolute atomic E-state index is 0.275. The van der Waals surface area contributed by atoms with Crippen LogP contribution >= 0.6 is 0 Å². The van der Waals surface area contributed by atoms with Gasteiger partial charge in [-0.1, -0.05) is 12.2 Å². The highest BCUT2D eigenvalue weighted by Crippen LogP contribution is 2.16. The second kappa shape index (κ2) is 2.19. The number of carbonyl (C=O) groups is 1. The molecule has 0 aromatic heterocycles. The van der Waals surface area contributed by atoms with Crippen LogP contribution in [0.2, 0.25) is 0 Å². The maximum Gasteiger partial charge on any atom is 0.308 e. The molecule has 1 aliphatic rings. The molecule has 0 saturated heterocycles. The highest BCUT2D eigenvalue weighted by Gasteiger charge is 2.25. The zero-order valence-corrected chi connectivity index (χ0v) is 4.95. The van der Waals surface area contributed by atoms with Crippen LogP contribution in [0.15, 0.2) is 12.2 Å². The minimum atomic E-state index is -0.799. The maximum absolute atomic E-state index is 10.3. The Labute approximate surface area is 53.2 Å². The Morgan fingerprint density at radius 3 is 2.67 bits per heavy atom. The number of aliphatic carboxylic acids is 1. The van der Waals surface area contributed by atoms with Crippen molar-refractivity contribution in [2.45, 2.75) is 12.5 Å². The van der Waals surface area contributed by atoms with E-state index in [1.54, 1.807) is 6.08 Å². The molecule has 0 aromatic carbocycles. The molecule has 3 heteroatoms. The van der Waals surface area contributed by atoms with Gasteiger partial charge in [-0.3, -0.25) is 4.79 Å². The first-order chi connectivity index (χ1) is 4.22. The Kier molecular flexibility index (Phi) is 1.53. The Morgan fingerprint density at radius 2 is 2.44 bits per heavy atom. The van der Waals surface area contributed by atoms with Crippen molar-refractivity contribution in [1.82, 2.24) is 0 Å². The van der Waals surface area contributed by atoms with Gasteiger partial charge in [0, 0.05) is 6.04 Å². The van der Waals surface area contributed by atoms with E-state index >= 15 is 0 Å². The maximum atomic E-state index is 10.3. The van der Waals surface area contributed by atoms with Crippen LogP contribution in [-0.4, -0.2) is 17.1 Å². The standard InChI is InChI=1S/C6H9NO2/c7-5-3-1-2-4(5)6(8)9/h1,3-5H,2,7H2,(H,8,9). The topological polar surface area (TPSA) is 63.3 Å². The molecular weight excluding hydrogens is 118 g/mol. The Hall–Kier alpha value is -0.830. The van der Waals surface area contributed by atoms with Gasteiger partial charge in [-0.25, -0.2) is 0 Å². The molecule has 1 aliphatic carbocycles. The monoisotopic (exact) mass is 127 g/mol. The smallest absolute Gasteiger partial charge is 0.308 e. The number of hydrogen-bond donors (Lipinski definition) is 2. The van der Waals surface area contributed by atoms with E-state index in [2.05, 4.69) is 0 Å². The number of carboxylic acid groups (broad SMARTS) is 1. The van der Waals surface area contributed by atoms with Crippen molar-refractivity contribution in [2.75, 3.05) is 0 Å². The summed E-state index contributed by atoms with van der Waals surface area (Å²) in [6.07, 6.45) is 4.12. The van der Waals surface area contributed by atoms with E-state index in [0.29, 0.717) is 6.42 Å². The van der Waals surface area contributed by atoms with Crippen LogP contribution in [0.25, 0.3) is 0 Å². The predicted molar refractivity (Wildman–Crippen MR) is 32.9 cm³/mol. The Balaban J connectivity index is 2.55. The van der Waals surface area contributed by atoms with Crippen molar-refractivity contribution in [2.24, 2.45) is 11.7 Å². The van der Waals surface area contributed by atoms with E-state index in [9.17, 15) is 4.79 Å². The van der Waals surface area contributed by atoms with Crippen LogP contribution in [0.4, 0.5) is 0 Å². The van der Waals surface area contributed by atoms with Gasteiger partial charge in [0.05, 0.1) is 5.92 Å². The first-order valence-corrected chi connectivity index (χ1v) is 2.87. The molecule has 0 heterocycles. The van der Waals surface area contributed by atoms with Gasteiger partial charge in [0.1, 0.15) is 0 Å². The lowest BCUT2D eigenvalue weighted by Crippen LogP contribution is -2.30. The van der Waals surface area contributed by atoms with Gasteiger partial charge < -0.3 is 10.8 Å². The Bertz CT molecular complexity index is 153. The van der Waals surface area contributed by atoms with Crippen molar-refractivity contribution < 1.29 is 9.90 Å². The molecule has 1 rings (SSSR count). The molecule has 3 N–H and O–H groups in total. The van der Waals surface area contributed by atoms with Crippen molar-refractivity contribution >= 4 is 5.97 Å². The SMILES string of the molecule is NC1C=CCC1C(=O)O. The summed E-state index contributed by atoms with van der Waals surface area (Å²) < 4.78 is 0. The fraction of sp³-hybridized carbons (Fsp3) is 0.500. The van der Waals surface area contributed by atoms with Gasteiger partial charge in [-0.2, -0.15) is 0 Å². The largest absolute Gasteiger partial charge is 0.481 e. The zero-order chi connectivity index (χ0) is 6.85. The third kappa shape index (κ3) is 1.10. The Morgan fingerprint density at radius 1 is 1.78 bits per heavy atom. The highest BCUT2D eigenvalue weighted by atomic mass is 16.4. The molecule has 2 atom stereocenters. The van der Waals surface area contributed by atoms with E-state index in [-0.39, 0.29) is 12.0 Å². The summed E-state index contributed by atoms with van der Waals surface area (Å²) in [4.78, 5) is 10.3. The highest BCUT2D eigenvalue weighted by molar-refractivity contribution is 5.72. The summed E-state index contributed by atoms with van der Waals surface area (Å²) in [7, 11) is 0. The first-order valence-electron chi connectivity index (χ1n) is 2.87. The summed E-state index contributed by atoms with van der Waals surface area (Å²) in [5.74, 6) is -1.18. The second-order valence-corrected chi connectivity index (χ2v) is 2.19. The number of hydrogen-bond acceptors (Lipinski definition) is 2. The van der Waals surface area contributed by atoms with E-state index < -0.39 is 5.97 Å². The molecule has 0 radical (unpaired) electrons. The molecule has 9 heavy (non-hydrogen) atoms. The molecule has 50 valence electrons. The summed E-state index contributed by atoms with van der Waals surface area (Å²) in [6.45, 7) is 0. The predicted octanol–water partition coefficient (Wildman–Crippen LogP) is -0.0256. The van der Waals surface area contributed by atoms with Crippen LogP contribution in [-0.2, 0) is 4.79 Å². The molecule has 0 spiro atoms. The fourth-order valence-corrected chi connectivity index (χ4v) is 0.939. The number of nitrogens with two attached hydrogens (primary N) is 1. The van der Waals surface area contributed by atoms with Crippen molar-refractivity contribution in [3.63, 3.8) is 0 Å². The van der Waals surface area contributed by atoms with Gasteiger partial charge >= 0.3 is 5.97 Å². The molecule has 0 bridgehead atoms. The lowest BCUT2D eigenvalue weighted by atomic mass is 10.0. The van der Waals surface area contributed by atoms with Gasteiger partial charge in [0.2, 0.25) is 0 Å². The number of carboxylic acids is 1. The van der Waals surface area contributed by atoms with Crippen molar-refractivity contribution in [1.29, 1.82) is 0 Å². The number of rotatable bonds is 1. The van der Waals surface area contributed by atoms with E-state index in [1.165, 1.54) is 0 Å². The minimum Gasteiger partial charge on any atom is -0.481 e. The van der Waals surface area contributed by atoms with Crippen molar-refractivity contribution in [3.05, 3.63) is 12.2 Å². The van der Waals surface area contributed by atoms with Gasteiger partial charge in [0.15, 0.2) is 0 Å². The molecule has 0 saturated carbocycles. The molecule has 0 amide bonds. The summed E-state index contributed by atoms with van der Waals surface area (Å²) >= 11 is 0. The molecule has 2 unspecified atom stereocenters. The first kappa shape index (κ1) is 6.29. The van der Waals surface area contributed by atoms with E-state index in [0.717, 1.165) is 0 Å². The van der Waals surface area contributed by atoms with Crippen LogP contribution in [0.3, 0.4) is 0 Å². The van der Waals surface area contributed by atoms with Gasteiger partial charge in [-0.15, -0.1) is 0 Å². The second-order valence-electron chi connectivity index (χ2n) is 2.19. The fourth-order valence-electron chi connectivity index (χ4n) is 0.939. The quantitative estimate of drug-likeness (QED) is 0.486. The van der Waals surface area contributed by atoms with E-state index in [4.69, 9.17) is 10.8 Å². The summed E-state index contributed by atoms with van der Waals surface area (Å²) in [6, 6.07) is -0.275. The van der Waals surface area contributed by atoms with E-state index in [1.807, 2.05) is 6.08 Å². The average molecular weight is 127 g/mol. The lowest BCUT2D eigenvalue weighted by Gasteiger charge is -2.07. The van der Waals surface area contributed by atoms with Gasteiger partial charge in [-0.05, 0) is 6.42 Å². The normalized spacial score (nSPS) is 33.0. The van der Waals surface area contributed by atoms with Crippen LogP contribution < -0.4 is 5.73 Å². The average Bonchev–Trinajstić information content (AvgIpc) is 2.13. The third-order valence-electron chi connectivity index (χ3n) is 1.53. The zero-order valence-electron chi connectivity index (χ0n) is 4.95. The number of allylic oxidation sites excluding steroid dienone is 1. The molecule has 0 aromatic rings. The molecule has 0 aliphatic heterocycles. The molecule has 0 fully saturated rings. The summed E-state index contributed by atoms with van der Waals surface area (Å²) in [5.41, 5.74) is 5.41. The van der Waals surface area contributed by atoms with Crippen LogP contribution in [0.5, 0.6) is 0 Å². The third-order valence-corrected chi connectivity index (χ3v) is 1.53. The van der Waals surface area contributed by atoms with Crippen LogP contribution in [0.1, 0.15) is 6.42 Å². The molecular formula is C6H9NO2. The van der Waals surface area contributed by atoms with Gasteiger partial charge in [0.25, 0.3) is 0 Å².